The fourth-order valence-electron chi connectivity index (χ4n) is 1.40. The maximum absolute atomic E-state index is 5.53. The zero-order valence-corrected chi connectivity index (χ0v) is 11.4. The van der Waals surface area contributed by atoms with Gasteiger partial charge >= 0.3 is 0 Å². The lowest BCUT2D eigenvalue weighted by Gasteiger charge is -2.24. The van der Waals surface area contributed by atoms with E-state index >= 15 is 0 Å². The van der Waals surface area contributed by atoms with Crippen LogP contribution in [0, 0.1) is 6.92 Å². The number of fused-ring (bicyclic) bond motifs is 1. The summed E-state index contributed by atoms with van der Waals surface area (Å²) in [6.45, 7) is 13.0. The van der Waals surface area contributed by atoms with E-state index in [0.29, 0.717) is 6.04 Å². The van der Waals surface area contributed by atoms with Crippen LogP contribution in [0.1, 0.15) is 40.2 Å². The van der Waals surface area contributed by atoms with E-state index in [4.69, 9.17) is 4.74 Å². The summed E-state index contributed by atoms with van der Waals surface area (Å²) in [4.78, 5) is 0. The van der Waals surface area contributed by atoms with Crippen LogP contribution in [0.25, 0.3) is 0 Å². The van der Waals surface area contributed by atoms with E-state index in [-0.39, 0.29) is 0 Å². The maximum atomic E-state index is 5.53. The van der Waals surface area contributed by atoms with Crippen LogP contribution in [0.4, 0.5) is 5.69 Å². The van der Waals surface area contributed by atoms with Gasteiger partial charge in [0, 0.05) is 0 Å². The zero-order chi connectivity index (χ0) is 12.6. The van der Waals surface area contributed by atoms with Crippen molar-refractivity contribution in [3.63, 3.8) is 0 Å². The van der Waals surface area contributed by atoms with Crippen LogP contribution in [-0.2, 0) is 0 Å². The van der Waals surface area contributed by atoms with E-state index < -0.39 is 0 Å². The predicted molar refractivity (Wildman–Crippen MR) is 72.5 cm³/mol. The molecule has 0 radical (unpaired) electrons. The van der Waals surface area contributed by atoms with Gasteiger partial charge in [-0.3, -0.25) is 0 Å². The van der Waals surface area contributed by atoms with Crippen molar-refractivity contribution in [1.82, 2.24) is 0 Å². The molecule has 2 heteroatoms. The van der Waals surface area contributed by atoms with Gasteiger partial charge < -0.3 is 10.1 Å². The van der Waals surface area contributed by atoms with Gasteiger partial charge in [-0.2, -0.15) is 0 Å². The molecule has 1 aliphatic rings. The molecule has 1 aromatic rings. The molecule has 0 spiro atoms. The molecule has 0 saturated carbocycles. The van der Waals surface area contributed by atoms with Gasteiger partial charge in [0.2, 0.25) is 0 Å². The van der Waals surface area contributed by atoms with Crippen molar-refractivity contribution < 1.29 is 4.74 Å². The molecule has 0 amide bonds. The third kappa shape index (κ3) is 4.13. The molecular formula is C14H25NO. The van der Waals surface area contributed by atoms with Crippen LogP contribution in [-0.4, -0.2) is 12.6 Å². The van der Waals surface area contributed by atoms with Gasteiger partial charge in [0.05, 0.1) is 11.7 Å². The summed E-state index contributed by atoms with van der Waals surface area (Å²) in [6.07, 6.45) is 0. The first kappa shape index (κ1) is 14.8. The van der Waals surface area contributed by atoms with Crippen molar-refractivity contribution in [2.24, 2.45) is 0 Å². The van der Waals surface area contributed by atoms with Crippen molar-refractivity contribution in [2.45, 2.75) is 47.6 Å². The van der Waals surface area contributed by atoms with E-state index in [2.05, 4.69) is 31.3 Å². The molecule has 1 heterocycles. The van der Waals surface area contributed by atoms with Gasteiger partial charge in [-0.05, 0) is 31.5 Å². The number of benzene rings is 1. The Labute approximate surface area is 100 Å². The molecule has 2 rings (SSSR count). The molecule has 2 nitrogen and oxygen atoms in total. The third-order valence-corrected chi connectivity index (χ3v) is 2.03. The van der Waals surface area contributed by atoms with Crippen molar-refractivity contribution in [3.8, 4) is 5.75 Å². The summed E-state index contributed by atoms with van der Waals surface area (Å²) < 4.78 is 5.53. The molecule has 0 aromatic heterocycles. The molecular weight excluding hydrogens is 198 g/mol. The summed E-state index contributed by atoms with van der Waals surface area (Å²) in [5.41, 5.74) is 2.38. The highest BCUT2D eigenvalue weighted by atomic mass is 16.5. The highest BCUT2D eigenvalue weighted by Crippen LogP contribution is 2.29. The van der Waals surface area contributed by atoms with Gasteiger partial charge in [0.1, 0.15) is 12.4 Å². The Morgan fingerprint density at radius 1 is 1.19 bits per heavy atom. The fraction of sp³-hybridized carbons (Fsp3) is 0.571. The number of aryl methyl sites for hydroxylation is 1. The third-order valence-electron chi connectivity index (χ3n) is 2.03. The number of hydrogen-bond acceptors (Lipinski definition) is 2. The molecule has 1 aromatic carbocycles. The van der Waals surface area contributed by atoms with Crippen LogP contribution in [0.5, 0.6) is 5.75 Å². The molecule has 1 N–H and O–H groups in total. The quantitative estimate of drug-likeness (QED) is 0.710. The smallest absolute Gasteiger partial charge is 0.142 e. The first-order valence-corrected chi connectivity index (χ1v) is 6.26. The van der Waals surface area contributed by atoms with Gasteiger partial charge in [0.25, 0.3) is 0 Å². The van der Waals surface area contributed by atoms with E-state index in [1.54, 1.807) is 0 Å². The van der Waals surface area contributed by atoms with E-state index in [1.165, 1.54) is 5.56 Å². The van der Waals surface area contributed by atoms with Crippen molar-refractivity contribution in [3.05, 3.63) is 23.8 Å². The number of nitrogens with one attached hydrogen (secondary N) is 1. The SMILES string of the molecule is CC.CC.Cc1ccc2c(c1)NC(C)CO2. The molecule has 1 aliphatic heterocycles. The van der Waals surface area contributed by atoms with Crippen LogP contribution in [0.15, 0.2) is 18.2 Å². The molecule has 0 saturated heterocycles. The lowest BCUT2D eigenvalue weighted by atomic mass is 10.1. The minimum Gasteiger partial charge on any atom is -0.489 e. The molecule has 1 unspecified atom stereocenters. The summed E-state index contributed by atoms with van der Waals surface area (Å²) in [5.74, 6) is 0.971. The Morgan fingerprint density at radius 3 is 2.44 bits per heavy atom. The second kappa shape index (κ2) is 8.03. The predicted octanol–water partition coefficient (Wildman–Crippen LogP) is 4.24. The second-order valence-electron chi connectivity index (χ2n) is 3.36. The number of hydrogen-bond donors (Lipinski definition) is 1. The molecule has 1 atom stereocenters. The maximum Gasteiger partial charge on any atom is 0.142 e. The van der Waals surface area contributed by atoms with E-state index in [9.17, 15) is 0 Å². The summed E-state index contributed by atoms with van der Waals surface area (Å²) >= 11 is 0. The molecule has 0 bridgehead atoms. The Kier molecular flexibility index (Phi) is 7.44. The summed E-state index contributed by atoms with van der Waals surface area (Å²) in [7, 11) is 0. The van der Waals surface area contributed by atoms with Crippen LogP contribution in [0.2, 0.25) is 0 Å². The zero-order valence-electron chi connectivity index (χ0n) is 11.4. The van der Waals surface area contributed by atoms with Crippen molar-refractivity contribution in [1.29, 1.82) is 0 Å². The number of anilines is 1. The standard InChI is InChI=1S/C10H13NO.2C2H6/c1-7-3-4-10-9(5-7)11-8(2)6-12-10;2*1-2/h3-5,8,11H,6H2,1-2H3;2*1-2H3. The van der Waals surface area contributed by atoms with Gasteiger partial charge in [-0.25, -0.2) is 0 Å². The van der Waals surface area contributed by atoms with Gasteiger partial charge in [-0.1, -0.05) is 33.8 Å². The van der Waals surface area contributed by atoms with Crippen molar-refractivity contribution in [2.75, 3.05) is 11.9 Å². The first-order valence-electron chi connectivity index (χ1n) is 6.26. The monoisotopic (exact) mass is 223 g/mol. The second-order valence-corrected chi connectivity index (χ2v) is 3.36. The first-order chi connectivity index (χ1) is 7.75. The highest BCUT2D eigenvalue weighted by molar-refractivity contribution is 5.59. The number of rotatable bonds is 0. The van der Waals surface area contributed by atoms with Gasteiger partial charge in [0.15, 0.2) is 0 Å². The van der Waals surface area contributed by atoms with E-state index in [0.717, 1.165) is 18.0 Å². The minimum atomic E-state index is 0.416. The molecule has 92 valence electrons. The minimum absolute atomic E-state index is 0.416. The van der Waals surface area contributed by atoms with Crippen LogP contribution >= 0.6 is 0 Å². The normalized spacial score (nSPS) is 16.2. The number of ether oxygens (including phenoxy) is 1. The summed E-state index contributed by atoms with van der Waals surface area (Å²) in [5, 5.41) is 3.38. The average Bonchev–Trinajstić information content (AvgIpc) is 2.33. The Balaban J connectivity index is 0.000000509. The Bertz CT molecular complexity index is 297. The molecule has 16 heavy (non-hydrogen) atoms. The summed E-state index contributed by atoms with van der Waals surface area (Å²) in [6, 6.07) is 6.62. The topological polar surface area (TPSA) is 21.3 Å². The molecule has 0 fully saturated rings. The van der Waals surface area contributed by atoms with Gasteiger partial charge in [-0.15, -0.1) is 0 Å². The molecule has 0 aliphatic carbocycles. The van der Waals surface area contributed by atoms with E-state index in [1.807, 2.05) is 33.8 Å². The lowest BCUT2D eigenvalue weighted by molar-refractivity contribution is 0.292. The highest BCUT2D eigenvalue weighted by Gasteiger charge is 2.13. The fourth-order valence-corrected chi connectivity index (χ4v) is 1.40. The Hall–Kier alpha value is -1.18. The van der Waals surface area contributed by atoms with Crippen molar-refractivity contribution >= 4 is 5.69 Å². The average molecular weight is 223 g/mol. The largest absolute Gasteiger partial charge is 0.489 e. The Morgan fingerprint density at radius 2 is 1.81 bits per heavy atom. The van der Waals surface area contributed by atoms with Crippen LogP contribution < -0.4 is 10.1 Å². The van der Waals surface area contributed by atoms with Crippen LogP contribution in [0.3, 0.4) is 0 Å². The lowest BCUT2D eigenvalue weighted by Crippen LogP contribution is -2.28.